The second-order valence-electron chi connectivity index (χ2n) is 6.50. The summed E-state index contributed by atoms with van der Waals surface area (Å²) < 4.78 is 10.3. The first kappa shape index (κ1) is 23.7. The van der Waals surface area contributed by atoms with E-state index in [9.17, 15) is 14.4 Å². The molecule has 0 aliphatic rings. The number of nitrogens with zero attached hydrogens (tertiary/aromatic N) is 1. The lowest BCUT2D eigenvalue weighted by Crippen LogP contribution is -2.33. The number of halogens is 1. The van der Waals surface area contributed by atoms with Crippen LogP contribution in [-0.4, -0.2) is 37.7 Å². The van der Waals surface area contributed by atoms with E-state index in [2.05, 4.69) is 21.2 Å². The van der Waals surface area contributed by atoms with Crippen molar-refractivity contribution in [1.82, 2.24) is 5.43 Å². The number of carbonyl (C=O) groups excluding carboxylic acids is 3. The Morgan fingerprint density at radius 1 is 1.00 bits per heavy atom. The summed E-state index contributed by atoms with van der Waals surface area (Å²) in [5.41, 5.74) is 4.06. The third kappa shape index (κ3) is 7.00. The van der Waals surface area contributed by atoms with Crippen LogP contribution in [0.1, 0.15) is 18.9 Å². The number of benzene rings is 2. The summed E-state index contributed by atoms with van der Waals surface area (Å²) in [6.45, 7) is 3.36. The summed E-state index contributed by atoms with van der Waals surface area (Å²) in [7, 11) is 2.99. The van der Waals surface area contributed by atoms with Gasteiger partial charge in [0.1, 0.15) is 11.5 Å². The Morgan fingerprint density at radius 3 is 2.39 bits per heavy atom. The normalized spacial score (nSPS) is 10.8. The molecule has 31 heavy (non-hydrogen) atoms. The predicted octanol–water partition coefficient (Wildman–Crippen LogP) is 3.13. The van der Waals surface area contributed by atoms with Gasteiger partial charge in [0.15, 0.2) is 0 Å². The Morgan fingerprint density at radius 2 is 1.74 bits per heavy atom. The average Bonchev–Trinajstić information content (AvgIpc) is 2.74. The van der Waals surface area contributed by atoms with E-state index in [-0.39, 0.29) is 12.3 Å². The molecule has 0 saturated heterocycles. The molecule has 0 bridgehead atoms. The summed E-state index contributed by atoms with van der Waals surface area (Å²) >= 11 is 6.00. The lowest BCUT2D eigenvalue weighted by Gasteiger charge is -2.11. The van der Waals surface area contributed by atoms with Gasteiger partial charge in [-0.1, -0.05) is 17.7 Å². The third-order valence-corrected chi connectivity index (χ3v) is 4.49. The van der Waals surface area contributed by atoms with Gasteiger partial charge in [0, 0.05) is 22.5 Å². The van der Waals surface area contributed by atoms with E-state index in [0.29, 0.717) is 33.6 Å². The van der Waals surface area contributed by atoms with Gasteiger partial charge in [-0.15, -0.1) is 0 Å². The number of rotatable bonds is 7. The lowest BCUT2D eigenvalue weighted by atomic mass is 10.2. The first-order valence-electron chi connectivity index (χ1n) is 9.16. The molecule has 9 nitrogen and oxygen atoms in total. The zero-order chi connectivity index (χ0) is 23.0. The number of hydrogen-bond donors (Lipinski definition) is 3. The second-order valence-corrected chi connectivity index (χ2v) is 6.90. The van der Waals surface area contributed by atoms with Crippen LogP contribution in [0.3, 0.4) is 0 Å². The van der Waals surface area contributed by atoms with E-state index >= 15 is 0 Å². The van der Waals surface area contributed by atoms with Gasteiger partial charge in [0.2, 0.25) is 5.91 Å². The van der Waals surface area contributed by atoms with Crippen molar-refractivity contribution in [2.75, 3.05) is 24.9 Å². The molecule has 0 unspecified atom stereocenters. The fourth-order valence-electron chi connectivity index (χ4n) is 2.43. The van der Waals surface area contributed by atoms with Crippen LogP contribution in [0.4, 0.5) is 11.4 Å². The zero-order valence-electron chi connectivity index (χ0n) is 17.5. The highest BCUT2D eigenvalue weighted by atomic mass is 35.5. The molecule has 164 valence electrons. The topological polar surface area (TPSA) is 118 Å². The molecule has 0 spiro atoms. The molecule has 0 aliphatic carbocycles. The van der Waals surface area contributed by atoms with Crippen LogP contribution in [0, 0.1) is 6.92 Å². The molecule has 0 fully saturated rings. The van der Waals surface area contributed by atoms with Crippen molar-refractivity contribution < 1.29 is 23.9 Å². The van der Waals surface area contributed by atoms with Gasteiger partial charge in [-0.05, 0) is 43.7 Å². The predicted molar refractivity (Wildman–Crippen MR) is 119 cm³/mol. The lowest BCUT2D eigenvalue weighted by molar-refractivity contribution is -0.136. The maximum Gasteiger partial charge on any atom is 0.329 e. The fraction of sp³-hybridized carbons (Fsp3) is 0.238. The number of methoxy groups -OCH3 is 2. The number of nitrogens with one attached hydrogen (secondary N) is 3. The van der Waals surface area contributed by atoms with E-state index in [1.54, 1.807) is 37.3 Å². The SMILES string of the molecule is COc1ccc(OC)c(NC(=O)C/C(C)=N/NC(=O)C(=O)Nc2ccc(C)c(Cl)c2)c1. The molecule has 0 atom stereocenters. The molecule has 10 heteroatoms. The Balaban J connectivity index is 1.91. The first-order valence-corrected chi connectivity index (χ1v) is 9.53. The van der Waals surface area contributed by atoms with Crippen molar-refractivity contribution in [2.24, 2.45) is 5.10 Å². The van der Waals surface area contributed by atoms with Crippen molar-refractivity contribution >= 4 is 46.4 Å². The van der Waals surface area contributed by atoms with Gasteiger partial charge < -0.3 is 20.1 Å². The number of amides is 3. The highest BCUT2D eigenvalue weighted by Gasteiger charge is 2.15. The maximum atomic E-state index is 12.3. The highest BCUT2D eigenvalue weighted by Crippen LogP contribution is 2.29. The van der Waals surface area contributed by atoms with Crippen LogP contribution in [0.25, 0.3) is 0 Å². The number of ether oxygens (including phenoxy) is 2. The smallest absolute Gasteiger partial charge is 0.329 e. The van der Waals surface area contributed by atoms with Gasteiger partial charge in [-0.25, -0.2) is 5.43 Å². The van der Waals surface area contributed by atoms with E-state index < -0.39 is 11.8 Å². The molecule has 0 radical (unpaired) electrons. The second kappa shape index (κ2) is 11.0. The van der Waals surface area contributed by atoms with Crippen LogP contribution in [0.15, 0.2) is 41.5 Å². The quantitative estimate of drug-likeness (QED) is 0.343. The minimum Gasteiger partial charge on any atom is -0.497 e. The third-order valence-electron chi connectivity index (χ3n) is 4.08. The molecular weight excluding hydrogens is 424 g/mol. The van der Waals surface area contributed by atoms with Crippen molar-refractivity contribution in [3.63, 3.8) is 0 Å². The summed E-state index contributed by atoms with van der Waals surface area (Å²) in [5, 5.41) is 9.36. The van der Waals surface area contributed by atoms with Crippen LogP contribution >= 0.6 is 11.6 Å². The summed E-state index contributed by atoms with van der Waals surface area (Å²) in [6.07, 6.45) is -0.115. The molecular formula is C21H23ClN4O5. The molecule has 0 saturated carbocycles. The van der Waals surface area contributed by atoms with E-state index in [1.165, 1.54) is 20.3 Å². The Hall–Kier alpha value is -3.59. The monoisotopic (exact) mass is 446 g/mol. The van der Waals surface area contributed by atoms with Crippen molar-refractivity contribution in [3.05, 3.63) is 47.0 Å². The summed E-state index contributed by atoms with van der Waals surface area (Å²) in [5.74, 6) is -1.27. The zero-order valence-corrected chi connectivity index (χ0v) is 18.3. The Kier molecular flexibility index (Phi) is 8.39. The standard InChI is InChI=1S/C21H23ClN4O5/c1-12-5-6-14(10-16(12)22)23-20(28)21(29)26-25-13(2)9-19(27)24-17-11-15(30-3)7-8-18(17)31-4/h5-8,10-11H,9H2,1-4H3,(H,23,28)(H,24,27)(H,26,29)/b25-13+. The first-order chi connectivity index (χ1) is 14.7. The van der Waals surface area contributed by atoms with Crippen LogP contribution in [0.5, 0.6) is 11.5 Å². The van der Waals surface area contributed by atoms with E-state index in [0.717, 1.165) is 5.56 Å². The van der Waals surface area contributed by atoms with E-state index in [4.69, 9.17) is 21.1 Å². The minimum atomic E-state index is -0.981. The van der Waals surface area contributed by atoms with Crippen LogP contribution < -0.4 is 25.5 Å². The fourth-order valence-corrected chi connectivity index (χ4v) is 2.61. The maximum absolute atomic E-state index is 12.3. The number of hydrazone groups is 1. The van der Waals surface area contributed by atoms with Crippen LogP contribution in [0.2, 0.25) is 5.02 Å². The van der Waals surface area contributed by atoms with Crippen LogP contribution in [-0.2, 0) is 14.4 Å². The van der Waals surface area contributed by atoms with E-state index in [1.807, 2.05) is 6.92 Å². The Labute approximate surface area is 184 Å². The molecule has 2 aromatic rings. The summed E-state index contributed by atoms with van der Waals surface area (Å²) in [6, 6.07) is 9.86. The molecule has 0 heterocycles. The molecule has 0 aromatic heterocycles. The van der Waals surface area contributed by atoms with Gasteiger partial charge in [-0.3, -0.25) is 14.4 Å². The average molecular weight is 447 g/mol. The molecule has 0 aliphatic heterocycles. The number of hydrogen-bond acceptors (Lipinski definition) is 6. The van der Waals surface area contributed by atoms with Crippen molar-refractivity contribution in [2.45, 2.75) is 20.3 Å². The summed E-state index contributed by atoms with van der Waals surface area (Å²) in [4.78, 5) is 36.2. The molecule has 2 rings (SSSR count). The molecule has 3 amide bonds. The highest BCUT2D eigenvalue weighted by molar-refractivity contribution is 6.40. The van der Waals surface area contributed by atoms with Gasteiger partial charge in [0.05, 0.1) is 26.3 Å². The number of anilines is 2. The van der Waals surface area contributed by atoms with Gasteiger partial charge in [0.25, 0.3) is 0 Å². The van der Waals surface area contributed by atoms with Crippen molar-refractivity contribution in [1.29, 1.82) is 0 Å². The van der Waals surface area contributed by atoms with Gasteiger partial charge in [-0.2, -0.15) is 5.10 Å². The van der Waals surface area contributed by atoms with Gasteiger partial charge >= 0.3 is 11.8 Å². The largest absolute Gasteiger partial charge is 0.497 e. The molecule has 3 N–H and O–H groups in total. The number of carbonyl (C=O) groups is 3. The minimum absolute atomic E-state index is 0.115. The Bertz CT molecular complexity index is 1020. The number of aryl methyl sites for hydroxylation is 1. The van der Waals surface area contributed by atoms with Crippen molar-refractivity contribution in [3.8, 4) is 11.5 Å². The molecule has 2 aromatic carbocycles.